The lowest BCUT2D eigenvalue weighted by Crippen LogP contribution is -1.96. The lowest BCUT2D eigenvalue weighted by molar-refractivity contribution is 0.471. The van der Waals surface area contributed by atoms with Gasteiger partial charge in [-0.05, 0) is 12.1 Å². The Morgan fingerprint density at radius 1 is 1.40 bits per heavy atom. The molecule has 0 atom stereocenters. The molecular formula is C10H10FN3O. The first-order valence-electron chi connectivity index (χ1n) is 4.36. The predicted octanol–water partition coefficient (Wildman–Crippen LogP) is 1.51. The number of anilines is 1. The average Bonchev–Trinajstić information content (AvgIpc) is 2.46. The summed E-state index contributed by atoms with van der Waals surface area (Å²) >= 11 is 0. The van der Waals surface area contributed by atoms with E-state index in [0.29, 0.717) is 17.1 Å². The molecule has 2 rings (SSSR count). The van der Waals surface area contributed by atoms with Gasteiger partial charge in [0.1, 0.15) is 17.4 Å². The van der Waals surface area contributed by atoms with E-state index in [0.717, 1.165) is 6.07 Å². The van der Waals surface area contributed by atoms with E-state index in [1.807, 2.05) is 0 Å². The Hall–Kier alpha value is -2.04. The molecule has 0 unspecified atom stereocenters. The highest BCUT2D eigenvalue weighted by atomic mass is 19.1. The highest BCUT2D eigenvalue weighted by Gasteiger charge is 2.09. The molecule has 4 nitrogen and oxygen atoms in total. The highest BCUT2D eigenvalue weighted by molar-refractivity contribution is 5.68. The number of phenolic OH excluding ortho intramolecular Hbond substituents is 1. The van der Waals surface area contributed by atoms with Crippen LogP contribution in [0.1, 0.15) is 0 Å². The maximum absolute atomic E-state index is 12.7. The SMILES string of the molecule is Cn1nc(-c2ccc(F)cc2O)cc1N. The van der Waals surface area contributed by atoms with Crippen LogP contribution in [0, 0.1) is 5.82 Å². The molecule has 1 aromatic heterocycles. The van der Waals surface area contributed by atoms with Crippen LogP contribution in [0.4, 0.5) is 10.2 Å². The van der Waals surface area contributed by atoms with Gasteiger partial charge >= 0.3 is 0 Å². The molecule has 0 aliphatic heterocycles. The van der Waals surface area contributed by atoms with Gasteiger partial charge in [0.25, 0.3) is 0 Å². The summed E-state index contributed by atoms with van der Waals surface area (Å²) in [6.45, 7) is 0. The Kier molecular flexibility index (Phi) is 2.07. The van der Waals surface area contributed by atoms with Crippen LogP contribution in [-0.4, -0.2) is 14.9 Å². The second kappa shape index (κ2) is 3.27. The molecule has 0 radical (unpaired) electrons. The largest absolute Gasteiger partial charge is 0.507 e. The Labute approximate surface area is 85.8 Å². The van der Waals surface area contributed by atoms with Crippen LogP contribution in [0.5, 0.6) is 5.75 Å². The van der Waals surface area contributed by atoms with Crippen LogP contribution in [0.3, 0.4) is 0 Å². The van der Waals surface area contributed by atoms with Crippen molar-refractivity contribution in [3.8, 4) is 17.0 Å². The van der Waals surface area contributed by atoms with Crippen LogP contribution in [0.25, 0.3) is 11.3 Å². The predicted molar refractivity (Wildman–Crippen MR) is 54.7 cm³/mol. The summed E-state index contributed by atoms with van der Waals surface area (Å²) in [4.78, 5) is 0. The monoisotopic (exact) mass is 207 g/mol. The molecule has 1 aromatic carbocycles. The molecule has 3 N–H and O–H groups in total. The zero-order chi connectivity index (χ0) is 11.0. The van der Waals surface area contributed by atoms with Gasteiger partial charge in [0.05, 0.1) is 5.69 Å². The first-order chi connectivity index (χ1) is 7.08. The number of nitrogens with two attached hydrogens (primary N) is 1. The second-order valence-electron chi connectivity index (χ2n) is 3.24. The third-order valence-corrected chi connectivity index (χ3v) is 2.15. The van der Waals surface area contributed by atoms with Crippen molar-refractivity contribution in [2.24, 2.45) is 7.05 Å². The van der Waals surface area contributed by atoms with Crippen LogP contribution < -0.4 is 5.73 Å². The smallest absolute Gasteiger partial charge is 0.127 e. The first-order valence-corrected chi connectivity index (χ1v) is 4.36. The van der Waals surface area contributed by atoms with Crippen molar-refractivity contribution in [3.63, 3.8) is 0 Å². The molecular weight excluding hydrogens is 197 g/mol. The number of hydrogen-bond acceptors (Lipinski definition) is 3. The van der Waals surface area contributed by atoms with Crippen LogP contribution in [0.15, 0.2) is 24.3 Å². The maximum Gasteiger partial charge on any atom is 0.127 e. The molecule has 0 amide bonds. The van der Waals surface area contributed by atoms with E-state index in [2.05, 4.69) is 5.10 Å². The number of nitrogen functional groups attached to an aromatic ring is 1. The zero-order valence-corrected chi connectivity index (χ0v) is 8.11. The van der Waals surface area contributed by atoms with Crippen molar-refractivity contribution >= 4 is 5.82 Å². The molecule has 0 aliphatic carbocycles. The third-order valence-electron chi connectivity index (χ3n) is 2.15. The van der Waals surface area contributed by atoms with E-state index in [4.69, 9.17) is 5.73 Å². The van der Waals surface area contributed by atoms with Crippen molar-refractivity contribution < 1.29 is 9.50 Å². The summed E-state index contributed by atoms with van der Waals surface area (Å²) in [6.07, 6.45) is 0. The van der Waals surface area contributed by atoms with E-state index >= 15 is 0 Å². The summed E-state index contributed by atoms with van der Waals surface area (Å²) in [5.41, 5.74) is 6.59. The number of phenols is 1. The van der Waals surface area contributed by atoms with E-state index in [9.17, 15) is 9.50 Å². The fourth-order valence-electron chi connectivity index (χ4n) is 1.33. The minimum absolute atomic E-state index is 0.145. The summed E-state index contributed by atoms with van der Waals surface area (Å²) in [5, 5.41) is 13.6. The number of aromatic nitrogens is 2. The number of hydrogen-bond donors (Lipinski definition) is 2. The lowest BCUT2D eigenvalue weighted by atomic mass is 10.1. The fourth-order valence-corrected chi connectivity index (χ4v) is 1.33. The van der Waals surface area contributed by atoms with Gasteiger partial charge in [-0.2, -0.15) is 5.10 Å². The number of nitrogens with zero attached hydrogens (tertiary/aromatic N) is 2. The van der Waals surface area contributed by atoms with Gasteiger partial charge in [0.2, 0.25) is 0 Å². The van der Waals surface area contributed by atoms with Gasteiger partial charge in [0.15, 0.2) is 0 Å². The molecule has 2 aromatic rings. The lowest BCUT2D eigenvalue weighted by Gasteiger charge is -2.00. The van der Waals surface area contributed by atoms with Crippen LogP contribution in [0.2, 0.25) is 0 Å². The van der Waals surface area contributed by atoms with E-state index in [-0.39, 0.29) is 5.75 Å². The van der Waals surface area contributed by atoms with E-state index < -0.39 is 5.82 Å². The first kappa shape index (κ1) is 9.51. The third kappa shape index (κ3) is 1.63. The molecule has 0 fully saturated rings. The number of benzene rings is 1. The molecule has 0 bridgehead atoms. The van der Waals surface area contributed by atoms with Gasteiger partial charge in [-0.3, -0.25) is 4.68 Å². The summed E-state index contributed by atoms with van der Waals surface area (Å²) < 4.78 is 14.2. The van der Waals surface area contributed by atoms with E-state index in [1.165, 1.54) is 16.8 Å². The van der Waals surface area contributed by atoms with Gasteiger partial charge in [0, 0.05) is 24.7 Å². The molecule has 1 heterocycles. The number of rotatable bonds is 1. The zero-order valence-electron chi connectivity index (χ0n) is 8.11. The average molecular weight is 207 g/mol. The minimum Gasteiger partial charge on any atom is -0.507 e. The van der Waals surface area contributed by atoms with Crippen LogP contribution in [-0.2, 0) is 7.05 Å². The van der Waals surface area contributed by atoms with Gasteiger partial charge in [-0.1, -0.05) is 0 Å². The van der Waals surface area contributed by atoms with Crippen molar-refractivity contribution in [1.82, 2.24) is 9.78 Å². The maximum atomic E-state index is 12.7. The highest BCUT2D eigenvalue weighted by Crippen LogP contribution is 2.29. The number of halogens is 1. The summed E-state index contributed by atoms with van der Waals surface area (Å²) in [5.74, 6) is -0.151. The molecule has 0 saturated carbocycles. The minimum atomic E-state index is -0.486. The Bertz CT molecular complexity index is 488. The number of aromatic hydroxyl groups is 1. The van der Waals surface area contributed by atoms with Gasteiger partial charge in [-0.15, -0.1) is 0 Å². The fraction of sp³-hybridized carbons (Fsp3) is 0.100. The van der Waals surface area contributed by atoms with Crippen molar-refractivity contribution in [3.05, 3.63) is 30.1 Å². The van der Waals surface area contributed by atoms with Crippen molar-refractivity contribution in [2.45, 2.75) is 0 Å². The quantitative estimate of drug-likeness (QED) is 0.745. The topological polar surface area (TPSA) is 64.1 Å². The molecule has 0 saturated heterocycles. The van der Waals surface area contributed by atoms with Gasteiger partial charge < -0.3 is 10.8 Å². The van der Waals surface area contributed by atoms with Crippen molar-refractivity contribution in [1.29, 1.82) is 0 Å². The Morgan fingerprint density at radius 3 is 2.67 bits per heavy atom. The van der Waals surface area contributed by atoms with Crippen LogP contribution >= 0.6 is 0 Å². The molecule has 5 heteroatoms. The Morgan fingerprint density at radius 2 is 2.13 bits per heavy atom. The Balaban J connectivity index is 2.54. The summed E-state index contributed by atoms with van der Waals surface area (Å²) in [7, 11) is 1.69. The molecule has 0 aliphatic rings. The summed E-state index contributed by atoms with van der Waals surface area (Å²) in [6, 6.07) is 5.39. The second-order valence-corrected chi connectivity index (χ2v) is 3.24. The normalized spacial score (nSPS) is 10.5. The molecule has 15 heavy (non-hydrogen) atoms. The van der Waals surface area contributed by atoms with Gasteiger partial charge in [-0.25, -0.2) is 4.39 Å². The molecule has 0 spiro atoms. The van der Waals surface area contributed by atoms with E-state index in [1.54, 1.807) is 13.1 Å². The molecule has 78 valence electrons. The standard InChI is InChI=1S/C10H10FN3O/c1-14-10(12)5-8(13-14)7-3-2-6(11)4-9(7)15/h2-5,15H,12H2,1H3. The number of aryl methyl sites for hydroxylation is 1. The van der Waals surface area contributed by atoms with Crippen molar-refractivity contribution in [2.75, 3.05) is 5.73 Å².